The van der Waals surface area contributed by atoms with Crippen molar-refractivity contribution in [2.75, 3.05) is 31.5 Å². The Labute approximate surface area is 129 Å². The second kappa shape index (κ2) is 6.70. The summed E-state index contributed by atoms with van der Waals surface area (Å²) in [6.07, 6.45) is 0. The minimum atomic E-state index is -0.0960. The van der Waals surface area contributed by atoms with E-state index in [0.717, 1.165) is 47.5 Å². The van der Waals surface area contributed by atoms with Crippen LogP contribution in [0, 0.1) is 13.8 Å². The summed E-state index contributed by atoms with van der Waals surface area (Å²) < 4.78 is 1.10. The van der Waals surface area contributed by atoms with Crippen LogP contribution in [0.15, 0.2) is 16.6 Å². The van der Waals surface area contributed by atoms with Crippen molar-refractivity contribution in [2.24, 2.45) is 0 Å². The summed E-state index contributed by atoms with van der Waals surface area (Å²) in [5, 5.41) is 6.33. The van der Waals surface area contributed by atoms with Crippen LogP contribution in [-0.4, -0.2) is 43.0 Å². The van der Waals surface area contributed by atoms with Gasteiger partial charge in [0.2, 0.25) is 5.91 Å². The molecule has 110 valence electrons. The molecule has 2 rings (SSSR count). The molecule has 0 spiro atoms. The Balaban J connectivity index is 2.03. The smallest absolute Gasteiger partial charge is 0.241 e. The first-order chi connectivity index (χ1) is 9.49. The van der Waals surface area contributed by atoms with Gasteiger partial charge in [0, 0.05) is 36.3 Å². The third-order valence-electron chi connectivity index (χ3n) is 3.78. The summed E-state index contributed by atoms with van der Waals surface area (Å²) in [4.78, 5) is 14.5. The van der Waals surface area contributed by atoms with Gasteiger partial charge in [-0.3, -0.25) is 9.69 Å². The van der Waals surface area contributed by atoms with Crippen LogP contribution in [0.2, 0.25) is 0 Å². The molecule has 0 saturated carbocycles. The Morgan fingerprint density at radius 1 is 1.30 bits per heavy atom. The zero-order valence-corrected chi connectivity index (χ0v) is 13.9. The van der Waals surface area contributed by atoms with Crippen molar-refractivity contribution in [3.8, 4) is 0 Å². The van der Waals surface area contributed by atoms with E-state index in [4.69, 9.17) is 0 Å². The van der Waals surface area contributed by atoms with E-state index < -0.39 is 0 Å². The number of amides is 1. The number of halogens is 1. The van der Waals surface area contributed by atoms with E-state index in [1.807, 2.05) is 32.9 Å². The zero-order chi connectivity index (χ0) is 14.7. The minimum absolute atomic E-state index is 0.0630. The normalized spacial score (nSPS) is 17.8. The molecule has 2 N–H and O–H groups in total. The molecule has 0 aromatic heterocycles. The number of hydrogen-bond acceptors (Lipinski definition) is 3. The number of rotatable bonds is 3. The lowest BCUT2D eigenvalue weighted by Crippen LogP contribution is -2.51. The highest BCUT2D eigenvalue weighted by Gasteiger charge is 2.22. The van der Waals surface area contributed by atoms with Crippen LogP contribution in [0.25, 0.3) is 0 Å². The summed E-state index contributed by atoms with van der Waals surface area (Å²) >= 11 is 3.54. The lowest BCUT2D eigenvalue weighted by molar-refractivity contribution is -0.120. The van der Waals surface area contributed by atoms with Crippen molar-refractivity contribution in [2.45, 2.75) is 26.8 Å². The summed E-state index contributed by atoms with van der Waals surface area (Å²) in [5.74, 6) is 0.0630. The van der Waals surface area contributed by atoms with Gasteiger partial charge in [-0.2, -0.15) is 0 Å². The number of anilines is 1. The number of nitrogens with one attached hydrogen (secondary N) is 2. The number of benzene rings is 1. The lowest BCUT2D eigenvalue weighted by Gasteiger charge is -2.31. The molecule has 1 unspecified atom stereocenters. The Morgan fingerprint density at radius 2 is 1.85 bits per heavy atom. The molecule has 1 amide bonds. The van der Waals surface area contributed by atoms with Gasteiger partial charge in [0.15, 0.2) is 0 Å². The first-order valence-electron chi connectivity index (χ1n) is 7.01. The number of piperazine rings is 1. The molecule has 1 saturated heterocycles. The van der Waals surface area contributed by atoms with E-state index in [1.54, 1.807) is 0 Å². The molecule has 1 aromatic rings. The number of carbonyl (C=O) groups excluding carboxylic acids is 1. The molecule has 1 aliphatic heterocycles. The maximum absolute atomic E-state index is 12.3. The molecule has 0 aliphatic carbocycles. The zero-order valence-electron chi connectivity index (χ0n) is 12.3. The highest BCUT2D eigenvalue weighted by atomic mass is 79.9. The fourth-order valence-electron chi connectivity index (χ4n) is 2.50. The predicted octanol–water partition coefficient (Wildman–Crippen LogP) is 2.30. The average Bonchev–Trinajstić information content (AvgIpc) is 2.44. The largest absolute Gasteiger partial charge is 0.325 e. The van der Waals surface area contributed by atoms with E-state index in [1.165, 1.54) is 0 Å². The number of nitrogens with zero attached hydrogens (tertiary/aromatic N) is 1. The van der Waals surface area contributed by atoms with Crippen LogP contribution < -0.4 is 10.6 Å². The molecule has 5 heteroatoms. The summed E-state index contributed by atoms with van der Waals surface area (Å²) in [6.45, 7) is 9.79. The SMILES string of the molecule is Cc1cc(NC(=O)C(C)N2CCNCC2)cc(C)c1Br. The Bertz CT molecular complexity index is 475. The van der Waals surface area contributed by atoms with Crippen LogP contribution in [-0.2, 0) is 4.79 Å². The number of aryl methyl sites for hydroxylation is 2. The highest BCUT2D eigenvalue weighted by molar-refractivity contribution is 9.10. The van der Waals surface area contributed by atoms with E-state index in [9.17, 15) is 4.79 Å². The number of hydrogen-bond donors (Lipinski definition) is 2. The van der Waals surface area contributed by atoms with Gasteiger partial charge in [-0.1, -0.05) is 15.9 Å². The van der Waals surface area contributed by atoms with Crippen LogP contribution in [0.3, 0.4) is 0 Å². The van der Waals surface area contributed by atoms with Gasteiger partial charge in [0.1, 0.15) is 0 Å². The maximum atomic E-state index is 12.3. The number of carbonyl (C=O) groups is 1. The highest BCUT2D eigenvalue weighted by Crippen LogP contribution is 2.25. The first-order valence-corrected chi connectivity index (χ1v) is 7.80. The molecular weight excluding hydrogens is 318 g/mol. The van der Waals surface area contributed by atoms with Crippen LogP contribution >= 0.6 is 15.9 Å². The minimum Gasteiger partial charge on any atom is -0.325 e. The monoisotopic (exact) mass is 339 g/mol. The third-order valence-corrected chi connectivity index (χ3v) is 5.03. The van der Waals surface area contributed by atoms with Crippen molar-refractivity contribution in [1.29, 1.82) is 0 Å². The molecule has 1 fully saturated rings. The van der Waals surface area contributed by atoms with E-state index in [-0.39, 0.29) is 11.9 Å². The molecule has 4 nitrogen and oxygen atoms in total. The van der Waals surface area contributed by atoms with Gasteiger partial charge in [-0.25, -0.2) is 0 Å². The second-order valence-electron chi connectivity index (χ2n) is 5.38. The molecule has 0 radical (unpaired) electrons. The molecule has 20 heavy (non-hydrogen) atoms. The summed E-state index contributed by atoms with van der Waals surface area (Å²) in [7, 11) is 0. The predicted molar refractivity (Wildman–Crippen MR) is 86.2 cm³/mol. The van der Waals surface area contributed by atoms with Gasteiger partial charge in [0.05, 0.1) is 6.04 Å². The van der Waals surface area contributed by atoms with Gasteiger partial charge in [-0.15, -0.1) is 0 Å². The molecule has 0 bridgehead atoms. The third kappa shape index (κ3) is 3.59. The Kier molecular flexibility index (Phi) is 5.18. The molecule has 1 atom stereocenters. The van der Waals surface area contributed by atoms with Crippen molar-refractivity contribution in [1.82, 2.24) is 10.2 Å². The van der Waals surface area contributed by atoms with E-state index in [2.05, 4.69) is 31.5 Å². The molecular formula is C15H22BrN3O. The van der Waals surface area contributed by atoms with E-state index >= 15 is 0 Å². The van der Waals surface area contributed by atoms with Gasteiger partial charge in [0.25, 0.3) is 0 Å². The fraction of sp³-hybridized carbons (Fsp3) is 0.533. The van der Waals surface area contributed by atoms with Gasteiger partial charge < -0.3 is 10.6 Å². The molecule has 1 aliphatic rings. The Morgan fingerprint density at radius 3 is 2.40 bits per heavy atom. The van der Waals surface area contributed by atoms with Crippen LogP contribution in [0.5, 0.6) is 0 Å². The van der Waals surface area contributed by atoms with E-state index in [0.29, 0.717) is 0 Å². The topological polar surface area (TPSA) is 44.4 Å². The molecule has 1 aromatic carbocycles. The Hall–Kier alpha value is -0.910. The van der Waals surface area contributed by atoms with Crippen molar-refractivity contribution < 1.29 is 4.79 Å². The van der Waals surface area contributed by atoms with Crippen LogP contribution in [0.1, 0.15) is 18.1 Å². The van der Waals surface area contributed by atoms with Crippen LogP contribution in [0.4, 0.5) is 5.69 Å². The fourth-order valence-corrected chi connectivity index (χ4v) is 2.73. The van der Waals surface area contributed by atoms with Crippen molar-refractivity contribution in [3.05, 3.63) is 27.7 Å². The average molecular weight is 340 g/mol. The second-order valence-corrected chi connectivity index (χ2v) is 6.17. The first kappa shape index (κ1) is 15.5. The van der Waals surface area contributed by atoms with Crippen molar-refractivity contribution >= 4 is 27.5 Å². The molecule has 1 heterocycles. The van der Waals surface area contributed by atoms with Gasteiger partial charge in [-0.05, 0) is 44.0 Å². The quantitative estimate of drug-likeness (QED) is 0.888. The van der Waals surface area contributed by atoms with Gasteiger partial charge >= 0.3 is 0 Å². The maximum Gasteiger partial charge on any atom is 0.241 e. The standard InChI is InChI=1S/C15H22BrN3O/c1-10-8-13(9-11(2)14(10)16)18-15(20)12(3)19-6-4-17-5-7-19/h8-9,12,17H,4-7H2,1-3H3,(H,18,20). The summed E-state index contributed by atoms with van der Waals surface area (Å²) in [6, 6.07) is 3.90. The lowest BCUT2D eigenvalue weighted by atomic mass is 10.1. The van der Waals surface area contributed by atoms with Crippen molar-refractivity contribution in [3.63, 3.8) is 0 Å². The summed E-state index contributed by atoms with van der Waals surface area (Å²) in [5.41, 5.74) is 3.14.